The first-order chi connectivity index (χ1) is 12.7. The van der Waals surface area contributed by atoms with E-state index in [9.17, 15) is 35.9 Å². The van der Waals surface area contributed by atoms with Gasteiger partial charge in [-0.15, -0.1) is 0 Å². The molecule has 6 nitrogen and oxygen atoms in total. The van der Waals surface area contributed by atoms with E-state index in [0.29, 0.717) is 32.1 Å². The zero-order chi connectivity index (χ0) is 21.0. The largest absolute Gasteiger partial charge is 0.465 e. The molecule has 2 atom stereocenters. The third kappa shape index (κ3) is 3.77. The molecule has 2 unspecified atom stereocenters. The molecule has 0 amide bonds. The summed E-state index contributed by atoms with van der Waals surface area (Å²) in [5, 5.41) is 5.05. The maximum absolute atomic E-state index is 13.4. The fraction of sp³-hybridized carbons (Fsp3) is 0.941. The molecular formula is C17H24F4O6S. The number of carbonyl (C=O) groups is 1. The van der Waals surface area contributed by atoms with Crippen molar-refractivity contribution in [3.8, 4) is 0 Å². The molecule has 0 spiro atoms. The highest BCUT2D eigenvalue weighted by Gasteiger charge is 2.65. The zero-order valence-corrected chi connectivity index (χ0v) is 16.0. The van der Waals surface area contributed by atoms with Crippen molar-refractivity contribution < 1.29 is 45.2 Å². The normalized spacial score (nSPS) is 35.2. The predicted octanol–water partition coefficient (Wildman–Crippen LogP) is 3.15. The number of rotatable bonds is 8. The first-order valence-electron chi connectivity index (χ1n) is 9.32. The van der Waals surface area contributed by atoms with E-state index in [0.717, 1.165) is 6.42 Å². The fourth-order valence-corrected chi connectivity index (χ4v) is 6.03. The first-order valence-corrected chi connectivity index (χ1v) is 10.8. The van der Waals surface area contributed by atoms with Gasteiger partial charge in [0.15, 0.2) is 0 Å². The Labute approximate surface area is 160 Å². The van der Waals surface area contributed by atoms with Crippen LogP contribution in [0.25, 0.3) is 0 Å². The van der Waals surface area contributed by atoms with Gasteiger partial charge in [-0.05, 0) is 63.2 Å². The number of esters is 1. The van der Waals surface area contributed by atoms with Gasteiger partial charge in [0.25, 0.3) is 0 Å². The van der Waals surface area contributed by atoms with E-state index >= 15 is 0 Å². The molecule has 28 heavy (non-hydrogen) atoms. The van der Waals surface area contributed by atoms with Crippen molar-refractivity contribution in [2.75, 3.05) is 6.61 Å². The molecule has 0 heterocycles. The summed E-state index contributed by atoms with van der Waals surface area (Å²) in [6.07, 6.45) is 1.76. The number of unbranched alkanes of at least 4 members (excludes halogenated alkanes) is 1. The van der Waals surface area contributed by atoms with E-state index in [4.69, 9.17) is 9.29 Å². The second-order valence-electron chi connectivity index (χ2n) is 8.76. The monoisotopic (exact) mass is 432 g/mol. The van der Waals surface area contributed by atoms with E-state index in [1.54, 1.807) is 0 Å². The summed E-state index contributed by atoms with van der Waals surface area (Å²) in [5.74, 6) is -4.90. The topological polar surface area (TPSA) is 101 Å². The van der Waals surface area contributed by atoms with E-state index in [1.807, 2.05) is 0 Å². The molecule has 0 aromatic rings. The molecule has 11 heteroatoms. The van der Waals surface area contributed by atoms with E-state index in [1.165, 1.54) is 0 Å². The van der Waals surface area contributed by atoms with Gasteiger partial charge in [-0.1, -0.05) is 0 Å². The zero-order valence-electron chi connectivity index (χ0n) is 15.2. The predicted molar refractivity (Wildman–Crippen MR) is 88.3 cm³/mol. The molecule has 0 radical (unpaired) electrons. The lowest BCUT2D eigenvalue weighted by Gasteiger charge is -2.58. The van der Waals surface area contributed by atoms with Gasteiger partial charge >= 0.3 is 27.3 Å². The van der Waals surface area contributed by atoms with E-state index < -0.39 is 51.1 Å². The van der Waals surface area contributed by atoms with Gasteiger partial charge in [0.1, 0.15) is 0 Å². The van der Waals surface area contributed by atoms with Crippen LogP contribution in [-0.4, -0.2) is 47.4 Å². The molecule has 162 valence electrons. The number of carbonyl (C=O) groups excluding carboxylic acids is 1. The highest BCUT2D eigenvalue weighted by Crippen LogP contribution is 2.62. The van der Waals surface area contributed by atoms with Crippen LogP contribution in [0.1, 0.15) is 57.8 Å². The van der Waals surface area contributed by atoms with Crippen molar-refractivity contribution in [3.05, 3.63) is 0 Å². The Bertz CT molecular complexity index is 724. The molecule has 0 aromatic carbocycles. The second kappa shape index (κ2) is 6.80. The van der Waals surface area contributed by atoms with Gasteiger partial charge in [-0.25, -0.2) is 0 Å². The fourth-order valence-electron chi connectivity index (χ4n) is 5.55. The minimum atomic E-state index is -6.24. The van der Waals surface area contributed by atoms with Gasteiger partial charge < -0.3 is 9.84 Å². The summed E-state index contributed by atoms with van der Waals surface area (Å²) in [6.45, 7) is -0.262. The summed E-state index contributed by atoms with van der Waals surface area (Å²) >= 11 is 0. The van der Waals surface area contributed by atoms with Gasteiger partial charge in [0.2, 0.25) is 0 Å². The molecule has 4 aliphatic rings. The average Bonchev–Trinajstić information content (AvgIpc) is 2.50. The van der Waals surface area contributed by atoms with Crippen molar-refractivity contribution in [2.24, 2.45) is 17.3 Å². The van der Waals surface area contributed by atoms with Crippen LogP contribution >= 0.6 is 0 Å². The van der Waals surface area contributed by atoms with Crippen LogP contribution in [0.15, 0.2) is 0 Å². The summed E-state index contributed by atoms with van der Waals surface area (Å²) < 4.78 is 87.4. The standard InChI is InChI=1S/C17H24F4O6S/c18-16(19,17(20,21)28(24,25)26)3-1-2-4-27-13(22)14-6-11-5-12(7-14)9-15(23,8-11)10-14/h11-12,23H,1-10H2,(H,24,25,26). The summed E-state index contributed by atoms with van der Waals surface area (Å²) in [7, 11) is -6.24. The van der Waals surface area contributed by atoms with Crippen molar-refractivity contribution in [1.82, 2.24) is 0 Å². The quantitative estimate of drug-likeness (QED) is 0.265. The third-order valence-corrected chi connectivity index (χ3v) is 7.28. The summed E-state index contributed by atoms with van der Waals surface area (Å²) in [4.78, 5) is 12.6. The number of alkyl halides is 4. The molecular weight excluding hydrogens is 408 g/mol. The SMILES string of the molecule is O=C(OCCCCC(F)(F)C(F)(F)S(=O)(=O)O)C12CC3CC(CC(O)(C3)C1)C2. The van der Waals surface area contributed by atoms with Gasteiger partial charge in [-0.3, -0.25) is 9.35 Å². The van der Waals surface area contributed by atoms with Crippen molar-refractivity contribution >= 4 is 16.1 Å². The second-order valence-corrected chi connectivity index (χ2v) is 10.2. The third-order valence-electron chi connectivity index (χ3n) is 6.33. The maximum Gasteiger partial charge on any atom is 0.431 e. The number of hydrogen-bond donors (Lipinski definition) is 2. The van der Waals surface area contributed by atoms with E-state index in [-0.39, 0.29) is 24.9 Å². The van der Waals surface area contributed by atoms with Crippen molar-refractivity contribution in [3.63, 3.8) is 0 Å². The summed E-state index contributed by atoms with van der Waals surface area (Å²) in [5.41, 5.74) is -1.62. The number of hydrogen-bond acceptors (Lipinski definition) is 5. The van der Waals surface area contributed by atoms with Crippen LogP contribution in [-0.2, 0) is 19.6 Å². The van der Waals surface area contributed by atoms with Crippen LogP contribution in [0.2, 0.25) is 0 Å². The highest BCUT2D eigenvalue weighted by atomic mass is 32.2. The van der Waals surface area contributed by atoms with Gasteiger partial charge in [-0.2, -0.15) is 26.0 Å². The lowest BCUT2D eigenvalue weighted by atomic mass is 9.48. The Balaban J connectivity index is 1.48. The molecule has 4 saturated carbocycles. The molecule has 0 aromatic heterocycles. The molecule has 2 N–H and O–H groups in total. The average molecular weight is 432 g/mol. The van der Waals surface area contributed by atoms with Crippen LogP contribution in [0.4, 0.5) is 17.6 Å². The Morgan fingerprint density at radius 2 is 1.64 bits per heavy atom. The van der Waals surface area contributed by atoms with Crippen molar-refractivity contribution in [1.29, 1.82) is 0 Å². The number of halogens is 4. The number of aliphatic hydroxyl groups is 1. The minimum Gasteiger partial charge on any atom is -0.465 e. The smallest absolute Gasteiger partial charge is 0.431 e. The van der Waals surface area contributed by atoms with Gasteiger partial charge in [0, 0.05) is 6.42 Å². The minimum absolute atomic E-state index is 0.157. The van der Waals surface area contributed by atoms with E-state index in [2.05, 4.69) is 0 Å². The molecule has 4 aliphatic carbocycles. The summed E-state index contributed by atoms with van der Waals surface area (Å²) in [6, 6.07) is 0. The first kappa shape index (κ1) is 21.8. The van der Waals surface area contributed by atoms with Crippen LogP contribution in [0, 0.1) is 17.3 Å². The molecule has 4 rings (SSSR count). The van der Waals surface area contributed by atoms with Gasteiger partial charge in [0.05, 0.1) is 17.6 Å². The van der Waals surface area contributed by atoms with Crippen LogP contribution in [0.5, 0.6) is 0 Å². The highest BCUT2D eigenvalue weighted by molar-refractivity contribution is 7.87. The lowest BCUT2D eigenvalue weighted by Crippen LogP contribution is -2.58. The van der Waals surface area contributed by atoms with Crippen LogP contribution < -0.4 is 0 Å². The Kier molecular flexibility index (Phi) is 5.28. The lowest BCUT2D eigenvalue weighted by molar-refractivity contribution is -0.196. The molecule has 4 fully saturated rings. The molecule has 4 bridgehead atoms. The maximum atomic E-state index is 13.4. The number of ether oxygens (including phenoxy) is 1. The Morgan fingerprint density at radius 3 is 2.14 bits per heavy atom. The Hall–Kier alpha value is -0.940. The molecule has 0 aliphatic heterocycles. The Morgan fingerprint density at radius 1 is 1.07 bits per heavy atom. The van der Waals surface area contributed by atoms with Crippen LogP contribution in [0.3, 0.4) is 0 Å². The van der Waals surface area contributed by atoms with Crippen molar-refractivity contribution in [2.45, 2.75) is 74.6 Å². The molecule has 0 saturated heterocycles.